The number of carbonyl (C=O) groups is 4. The summed E-state index contributed by atoms with van der Waals surface area (Å²) in [6.45, 7) is 3.51. The number of hydrogen-bond donors (Lipinski definition) is 3. The Morgan fingerprint density at radius 2 is 1.86 bits per heavy atom. The molecule has 0 bridgehead atoms. The molecule has 2 saturated carbocycles. The van der Waals surface area contributed by atoms with Crippen molar-refractivity contribution in [3.05, 3.63) is 42.4 Å². The number of allylic oxidation sites excluding steroid dienone is 1. The van der Waals surface area contributed by atoms with Gasteiger partial charge in [0, 0.05) is 30.0 Å². The van der Waals surface area contributed by atoms with Crippen LogP contribution in [0, 0.1) is 23.6 Å². The van der Waals surface area contributed by atoms with Crippen molar-refractivity contribution in [2.24, 2.45) is 17.8 Å². The van der Waals surface area contributed by atoms with Gasteiger partial charge in [0.1, 0.15) is 41.3 Å². The molecule has 0 unspecified atom stereocenters. The van der Waals surface area contributed by atoms with Gasteiger partial charge in [0.25, 0.3) is 5.91 Å². The molecule has 4 aliphatic rings. The van der Waals surface area contributed by atoms with Gasteiger partial charge < -0.3 is 24.8 Å². The van der Waals surface area contributed by atoms with E-state index in [0.29, 0.717) is 38.0 Å². The van der Waals surface area contributed by atoms with Gasteiger partial charge in [0.15, 0.2) is 0 Å². The van der Waals surface area contributed by atoms with Gasteiger partial charge in [-0.25, -0.2) is 22.6 Å². The van der Waals surface area contributed by atoms with E-state index in [1.807, 2.05) is 6.92 Å². The summed E-state index contributed by atoms with van der Waals surface area (Å²) in [5, 5.41) is 12.8. The number of carboxylic acid groups (broad SMARTS) is 1. The number of nitrogens with one attached hydrogen (secondary N) is 2. The highest BCUT2D eigenvalue weighted by molar-refractivity contribution is 7.91. The number of pyridine rings is 1. The molecular weight excluding hydrogens is 766 g/mol. The number of sulfonamides is 1. The molecule has 19 heteroatoms. The summed E-state index contributed by atoms with van der Waals surface area (Å²) in [5.41, 5.74) is -1.73. The Morgan fingerprint density at radius 3 is 2.50 bits per heavy atom. The van der Waals surface area contributed by atoms with Gasteiger partial charge in [-0.1, -0.05) is 26.0 Å². The molecule has 14 nitrogen and oxygen atoms in total. The quantitative estimate of drug-likeness (QED) is 0.253. The smallest absolute Gasteiger partial charge is 0.408 e. The van der Waals surface area contributed by atoms with Crippen molar-refractivity contribution in [3.63, 3.8) is 0 Å². The average molecular weight is 812 g/mol. The van der Waals surface area contributed by atoms with Crippen molar-refractivity contribution >= 4 is 44.6 Å². The molecule has 6 rings (SSSR count). The highest BCUT2D eigenvalue weighted by atomic mass is 32.2. The van der Waals surface area contributed by atoms with Crippen molar-refractivity contribution in [3.8, 4) is 11.6 Å². The van der Waals surface area contributed by atoms with Crippen LogP contribution in [0.4, 0.5) is 22.4 Å². The molecule has 0 spiro atoms. The lowest BCUT2D eigenvalue weighted by atomic mass is 9.86. The number of hydrogen-bond acceptors (Lipinski definition) is 9. The van der Waals surface area contributed by atoms with Crippen LogP contribution in [0.5, 0.6) is 11.6 Å². The van der Waals surface area contributed by atoms with Crippen molar-refractivity contribution in [2.45, 2.75) is 107 Å². The SMILES string of the molecule is COc1cc(F)cc2c(O[C@@H]3C[C@H]4C(=O)N[C@]5(C(=O)NS(=O)(=O)C6CC6)C[C@H]5/C=C\CC[C@H](C)C[C@@H](C)[C@H](N(C(=O)O)[C@H](C)C(F)(F)F)C(=O)N4C3)nccc12. The first kappa shape index (κ1) is 41.0. The molecule has 4 amide bonds. The lowest BCUT2D eigenvalue weighted by Crippen LogP contribution is -2.62. The molecule has 2 aromatic rings. The van der Waals surface area contributed by atoms with Crippen LogP contribution in [0.1, 0.15) is 65.7 Å². The Balaban J connectivity index is 1.41. The van der Waals surface area contributed by atoms with Crippen molar-refractivity contribution in [2.75, 3.05) is 13.7 Å². The fourth-order valence-electron chi connectivity index (χ4n) is 7.97. The minimum Gasteiger partial charge on any atom is -0.496 e. The Morgan fingerprint density at radius 1 is 1.14 bits per heavy atom. The molecule has 1 aromatic carbocycles. The number of halogens is 4. The van der Waals surface area contributed by atoms with E-state index < -0.39 is 99.2 Å². The first-order chi connectivity index (χ1) is 26.3. The van der Waals surface area contributed by atoms with Crippen LogP contribution in [-0.4, -0.2) is 107 Å². The predicted octanol–water partition coefficient (Wildman–Crippen LogP) is 4.53. The number of fused-ring (bicyclic) bond motifs is 3. The summed E-state index contributed by atoms with van der Waals surface area (Å²) in [6.07, 6.45) is -1.75. The number of rotatable bonds is 8. The van der Waals surface area contributed by atoms with Crippen LogP contribution in [0.25, 0.3) is 10.8 Å². The predicted molar refractivity (Wildman–Crippen MR) is 192 cm³/mol. The zero-order chi connectivity index (χ0) is 40.9. The largest absolute Gasteiger partial charge is 0.496 e. The third-order valence-corrected chi connectivity index (χ3v) is 13.1. The van der Waals surface area contributed by atoms with Crippen molar-refractivity contribution in [1.82, 2.24) is 24.8 Å². The fraction of sp³-hybridized carbons (Fsp3) is 0.595. The van der Waals surface area contributed by atoms with Crippen molar-refractivity contribution in [1.29, 1.82) is 0 Å². The summed E-state index contributed by atoms with van der Waals surface area (Å²) in [7, 11) is -2.70. The summed E-state index contributed by atoms with van der Waals surface area (Å²) < 4.78 is 96.7. The van der Waals surface area contributed by atoms with Crippen LogP contribution >= 0.6 is 0 Å². The van der Waals surface area contributed by atoms with Gasteiger partial charge in [0.05, 0.1) is 24.3 Å². The van der Waals surface area contributed by atoms with E-state index in [0.717, 1.165) is 17.0 Å². The van der Waals surface area contributed by atoms with E-state index >= 15 is 0 Å². The Hall–Kier alpha value is -4.68. The first-order valence-corrected chi connectivity index (χ1v) is 20.0. The van der Waals surface area contributed by atoms with Crippen LogP contribution in [0.2, 0.25) is 0 Å². The molecule has 56 heavy (non-hydrogen) atoms. The summed E-state index contributed by atoms with van der Waals surface area (Å²) in [5.74, 6) is -5.41. The minimum atomic E-state index is -5.06. The maximum atomic E-state index is 14.8. The topological polar surface area (TPSA) is 185 Å². The maximum Gasteiger partial charge on any atom is 0.408 e. The first-order valence-electron chi connectivity index (χ1n) is 18.5. The minimum absolute atomic E-state index is 0.0281. The Bertz CT molecular complexity index is 2030. The van der Waals surface area contributed by atoms with Gasteiger partial charge in [-0.15, -0.1) is 0 Å². The lowest BCUT2D eigenvalue weighted by Gasteiger charge is -2.40. The molecule has 1 aromatic heterocycles. The maximum absolute atomic E-state index is 14.8. The summed E-state index contributed by atoms with van der Waals surface area (Å²) in [6, 6.07) is -2.20. The van der Waals surface area contributed by atoms with Gasteiger partial charge in [-0.3, -0.25) is 24.0 Å². The number of nitrogens with zero attached hydrogens (tertiary/aromatic N) is 3. The molecule has 0 radical (unpaired) electrons. The third-order valence-electron chi connectivity index (χ3n) is 11.3. The molecule has 3 N–H and O–H groups in total. The van der Waals surface area contributed by atoms with E-state index in [1.165, 1.54) is 20.2 Å². The van der Waals surface area contributed by atoms with Crippen molar-refractivity contribution < 1.29 is 59.7 Å². The lowest BCUT2D eigenvalue weighted by molar-refractivity contribution is -0.184. The number of methoxy groups -OCH3 is 1. The van der Waals surface area contributed by atoms with E-state index in [-0.39, 0.29) is 47.1 Å². The molecule has 8 atom stereocenters. The average Bonchev–Trinajstić information content (AvgIpc) is 4.04. The fourth-order valence-corrected chi connectivity index (χ4v) is 9.33. The van der Waals surface area contributed by atoms with Gasteiger partial charge in [-0.05, 0) is 69.4 Å². The summed E-state index contributed by atoms with van der Waals surface area (Å²) in [4.78, 5) is 60.9. The normalized spacial score (nSPS) is 29.8. The molecule has 306 valence electrons. The molecular formula is C37H45F4N5O9S. The number of benzene rings is 1. The third kappa shape index (κ3) is 8.23. The van der Waals surface area contributed by atoms with Crippen LogP contribution in [0.15, 0.2) is 36.5 Å². The van der Waals surface area contributed by atoms with Gasteiger partial charge in [0.2, 0.25) is 27.7 Å². The number of carbonyl (C=O) groups excluding carboxylic acids is 3. The second-order valence-corrected chi connectivity index (χ2v) is 17.4. The summed E-state index contributed by atoms with van der Waals surface area (Å²) >= 11 is 0. The van der Waals surface area contributed by atoms with E-state index in [4.69, 9.17) is 9.47 Å². The number of ether oxygens (including phenoxy) is 2. The number of amides is 4. The Kier molecular flexibility index (Phi) is 11.2. The van der Waals surface area contributed by atoms with Gasteiger partial charge >= 0.3 is 12.3 Å². The van der Waals surface area contributed by atoms with Crippen LogP contribution < -0.4 is 19.5 Å². The second-order valence-electron chi connectivity index (χ2n) is 15.4. The highest BCUT2D eigenvalue weighted by Crippen LogP contribution is 2.46. The van der Waals surface area contributed by atoms with Crippen LogP contribution in [-0.2, 0) is 24.4 Å². The van der Waals surface area contributed by atoms with E-state index in [2.05, 4.69) is 15.0 Å². The van der Waals surface area contributed by atoms with E-state index in [1.54, 1.807) is 18.2 Å². The number of aromatic nitrogens is 1. The Labute approximate surface area is 321 Å². The second kappa shape index (κ2) is 15.3. The molecule has 2 aliphatic carbocycles. The van der Waals surface area contributed by atoms with E-state index in [9.17, 15) is 50.3 Å². The molecule has 2 aliphatic heterocycles. The van der Waals surface area contributed by atoms with Crippen LogP contribution in [0.3, 0.4) is 0 Å². The number of alkyl halides is 3. The molecule has 1 saturated heterocycles. The standard InChI is InChI=1S/C37H45F4N5O9S/c1-19-7-5-6-8-22-17-36(22,34(49)44-56(52,53)25-9-10-25)43-31(47)28-16-24(55-32-27-14-23(38)15-29(54-4)26(27)11-12-42-32)18-45(28)33(48)30(20(2)13-19)46(35(50)51)21(3)37(39,40)41/h6,8,11-12,14-15,19-22,24-25,28,30H,5,7,9-10,13,16-18H2,1-4H3,(H,43,47)(H,44,49)(H,50,51)/b8-6-/t19-,20+,21+,22+,24+,28-,30-,36+/m0/s1. The zero-order valence-corrected chi connectivity index (χ0v) is 32.0. The zero-order valence-electron chi connectivity index (χ0n) is 31.2. The molecule has 3 fully saturated rings. The highest BCUT2D eigenvalue weighted by Gasteiger charge is 2.62. The van der Waals surface area contributed by atoms with Gasteiger partial charge in [-0.2, -0.15) is 13.2 Å². The monoisotopic (exact) mass is 811 g/mol. The molecule has 3 heterocycles.